The zero-order chi connectivity index (χ0) is 11.8. The van der Waals surface area contributed by atoms with Gasteiger partial charge < -0.3 is 4.74 Å². The fourth-order valence-corrected chi connectivity index (χ4v) is 1.76. The molecule has 1 rings (SSSR count). The molecule has 0 heterocycles. The lowest BCUT2D eigenvalue weighted by molar-refractivity contribution is 0.101. The van der Waals surface area contributed by atoms with Crippen LogP contribution in [0, 0.1) is 0 Å². The van der Waals surface area contributed by atoms with Crippen LogP contribution in [0.4, 0.5) is 0 Å². The highest BCUT2D eigenvalue weighted by molar-refractivity contribution is 9.09. The quantitative estimate of drug-likeness (QED) is 0.432. The molecule has 0 fully saturated rings. The second-order valence-electron chi connectivity index (χ2n) is 3.68. The summed E-state index contributed by atoms with van der Waals surface area (Å²) in [5.74, 6) is 0.858. The van der Waals surface area contributed by atoms with Crippen molar-refractivity contribution in [2.24, 2.45) is 0 Å². The Hall–Kier alpha value is -0.830. The van der Waals surface area contributed by atoms with Crippen LogP contribution in [-0.4, -0.2) is 17.7 Å². The molecule has 0 aliphatic rings. The van der Waals surface area contributed by atoms with Gasteiger partial charge in [0.05, 0.1) is 6.61 Å². The molecular weight excluding hydrogens is 268 g/mol. The molecule has 0 N–H and O–H groups in total. The van der Waals surface area contributed by atoms with Gasteiger partial charge in [0.15, 0.2) is 5.78 Å². The molecule has 0 saturated heterocycles. The monoisotopic (exact) mass is 284 g/mol. The van der Waals surface area contributed by atoms with Crippen LogP contribution < -0.4 is 4.74 Å². The predicted molar refractivity (Wildman–Crippen MR) is 69.6 cm³/mol. The lowest BCUT2D eigenvalue weighted by Crippen LogP contribution is -1.99. The van der Waals surface area contributed by atoms with Crippen molar-refractivity contribution in [2.45, 2.75) is 26.2 Å². The van der Waals surface area contributed by atoms with Crippen molar-refractivity contribution in [3.63, 3.8) is 0 Å². The van der Waals surface area contributed by atoms with Crippen molar-refractivity contribution < 1.29 is 9.53 Å². The lowest BCUT2D eigenvalue weighted by atomic mass is 10.1. The molecule has 88 valence electrons. The van der Waals surface area contributed by atoms with Crippen molar-refractivity contribution in [1.29, 1.82) is 0 Å². The fraction of sp³-hybridized carbons (Fsp3) is 0.462. The first-order chi connectivity index (χ1) is 7.74. The first kappa shape index (κ1) is 13.2. The summed E-state index contributed by atoms with van der Waals surface area (Å²) in [4.78, 5) is 11.2. The maximum Gasteiger partial charge on any atom is 0.159 e. The van der Waals surface area contributed by atoms with Gasteiger partial charge in [0, 0.05) is 10.9 Å². The smallest absolute Gasteiger partial charge is 0.159 e. The van der Waals surface area contributed by atoms with Crippen LogP contribution in [0.15, 0.2) is 24.3 Å². The summed E-state index contributed by atoms with van der Waals surface area (Å²) in [5, 5.41) is 1.05. The van der Waals surface area contributed by atoms with Gasteiger partial charge in [-0.1, -0.05) is 28.1 Å². The average Bonchev–Trinajstić information content (AvgIpc) is 2.29. The molecule has 1 aromatic rings. The summed E-state index contributed by atoms with van der Waals surface area (Å²) in [6.45, 7) is 2.28. The molecule has 0 aromatic heterocycles. The van der Waals surface area contributed by atoms with Crippen LogP contribution in [0.1, 0.15) is 36.5 Å². The molecule has 0 saturated carbocycles. The summed E-state index contributed by atoms with van der Waals surface area (Å²) < 4.78 is 5.58. The molecule has 0 spiro atoms. The minimum absolute atomic E-state index is 0.0738. The summed E-state index contributed by atoms with van der Waals surface area (Å²) in [5.41, 5.74) is 0.706. The number of unbranched alkanes of at least 4 members (excludes halogenated alkanes) is 2. The molecular formula is C13H17BrO2. The van der Waals surface area contributed by atoms with Gasteiger partial charge in [0.2, 0.25) is 0 Å². The third kappa shape index (κ3) is 4.79. The van der Waals surface area contributed by atoms with E-state index >= 15 is 0 Å². The standard InChI is InChI=1S/C13H17BrO2/c1-11(15)12-6-5-7-13(10-12)16-9-4-2-3-8-14/h5-7,10H,2-4,8-9H2,1H3. The predicted octanol–water partition coefficient (Wildman–Crippen LogP) is 3.83. The highest BCUT2D eigenvalue weighted by Gasteiger charge is 2.00. The van der Waals surface area contributed by atoms with Gasteiger partial charge in [-0.25, -0.2) is 0 Å². The maximum atomic E-state index is 11.2. The van der Waals surface area contributed by atoms with Crippen molar-refractivity contribution in [3.05, 3.63) is 29.8 Å². The third-order valence-electron chi connectivity index (χ3n) is 2.29. The number of carbonyl (C=O) groups excluding carboxylic acids is 1. The van der Waals surface area contributed by atoms with Gasteiger partial charge in [-0.2, -0.15) is 0 Å². The second-order valence-corrected chi connectivity index (χ2v) is 4.48. The van der Waals surface area contributed by atoms with Gasteiger partial charge in [0.1, 0.15) is 5.75 Å². The van der Waals surface area contributed by atoms with E-state index in [1.165, 1.54) is 6.42 Å². The average molecular weight is 285 g/mol. The van der Waals surface area contributed by atoms with Gasteiger partial charge in [0.25, 0.3) is 0 Å². The van der Waals surface area contributed by atoms with Crippen LogP contribution >= 0.6 is 15.9 Å². The number of hydrogen-bond donors (Lipinski definition) is 0. The Morgan fingerprint density at radius 3 is 2.81 bits per heavy atom. The zero-order valence-corrected chi connectivity index (χ0v) is 11.1. The van der Waals surface area contributed by atoms with E-state index in [0.29, 0.717) is 12.2 Å². The van der Waals surface area contributed by atoms with Crippen molar-refractivity contribution in [1.82, 2.24) is 0 Å². The molecule has 0 radical (unpaired) electrons. The summed E-state index contributed by atoms with van der Waals surface area (Å²) >= 11 is 3.39. The van der Waals surface area contributed by atoms with Crippen LogP contribution in [0.3, 0.4) is 0 Å². The maximum absolute atomic E-state index is 11.2. The van der Waals surface area contributed by atoms with Gasteiger partial charge in [-0.05, 0) is 38.3 Å². The van der Waals surface area contributed by atoms with Gasteiger partial charge >= 0.3 is 0 Å². The number of benzene rings is 1. The number of Topliss-reactive ketones (excluding diaryl/α,β-unsaturated/α-hetero) is 1. The topological polar surface area (TPSA) is 26.3 Å². The lowest BCUT2D eigenvalue weighted by Gasteiger charge is -2.06. The molecule has 2 nitrogen and oxygen atoms in total. The number of ether oxygens (including phenoxy) is 1. The first-order valence-corrected chi connectivity index (χ1v) is 6.66. The number of halogens is 1. The molecule has 16 heavy (non-hydrogen) atoms. The van der Waals surface area contributed by atoms with Crippen LogP contribution in [0.25, 0.3) is 0 Å². The SMILES string of the molecule is CC(=O)c1cccc(OCCCCCBr)c1. The van der Waals surface area contributed by atoms with Crippen molar-refractivity contribution in [2.75, 3.05) is 11.9 Å². The van der Waals surface area contributed by atoms with Crippen LogP contribution in [-0.2, 0) is 0 Å². The fourth-order valence-electron chi connectivity index (χ4n) is 1.37. The normalized spacial score (nSPS) is 10.1. The number of carbonyl (C=O) groups is 1. The first-order valence-electron chi connectivity index (χ1n) is 5.54. The van der Waals surface area contributed by atoms with E-state index < -0.39 is 0 Å². The highest BCUT2D eigenvalue weighted by Crippen LogP contribution is 2.14. The van der Waals surface area contributed by atoms with Crippen LogP contribution in [0.5, 0.6) is 5.75 Å². The van der Waals surface area contributed by atoms with Crippen molar-refractivity contribution in [3.8, 4) is 5.75 Å². The van der Waals surface area contributed by atoms with Crippen molar-refractivity contribution >= 4 is 21.7 Å². The van der Waals surface area contributed by atoms with Gasteiger partial charge in [-0.3, -0.25) is 4.79 Å². The van der Waals surface area contributed by atoms with E-state index in [1.807, 2.05) is 12.1 Å². The molecule has 0 aliphatic carbocycles. The van der Waals surface area contributed by atoms with E-state index in [-0.39, 0.29) is 5.78 Å². The molecule has 0 aliphatic heterocycles. The Bertz CT molecular complexity index is 336. The number of ketones is 1. The highest BCUT2D eigenvalue weighted by atomic mass is 79.9. The third-order valence-corrected chi connectivity index (χ3v) is 2.85. The zero-order valence-electron chi connectivity index (χ0n) is 9.54. The molecule has 0 bridgehead atoms. The van der Waals surface area contributed by atoms with E-state index in [2.05, 4.69) is 15.9 Å². The molecule has 0 amide bonds. The molecule has 0 atom stereocenters. The summed E-state index contributed by atoms with van der Waals surface area (Å²) in [7, 11) is 0. The minimum Gasteiger partial charge on any atom is -0.494 e. The molecule has 3 heteroatoms. The number of rotatable bonds is 7. The number of hydrogen-bond acceptors (Lipinski definition) is 2. The number of alkyl halides is 1. The Kier molecular flexibility index (Phi) is 6.16. The van der Waals surface area contributed by atoms with E-state index in [0.717, 1.165) is 23.9 Å². The largest absolute Gasteiger partial charge is 0.494 e. The Morgan fingerprint density at radius 1 is 1.31 bits per heavy atom. The second kappa shape index (κ2) is 7.44. The molecule has 0 unspecified atom stereocenters. The van der Waals surface area contributed by atoms with E-state index in [9.17, 15) is 4.79 Å². The summed E-state index contributed by atoms with van der Waals surface area (Å²) in [6, 6.07) is 7.34. The van der Waals surface area contributed by atoms with E-state index in [1.54, 1.807) is 19.1 Å². The Labute approximate surface area is 105 Å². The summed E-state index contributed by atoms with van der Waals surface area (Å²) in [6.07, 6.45) is 3.39. The van der Waals surface area contributed by atoms with Crippen LogP contribution in [0.2, 0.25) is 0 Å². The van der Waals surface area contributed by atoms with E-state index in [4.69, 9.17) is 4.74 Å². The molecule has 1 aromatic carbocycles. The Balaban J connectivity index is 2.36. The minimum atomic E-state index is 0.0738. The Morgan fingerprint density at radius 2 is 2.12 bits per heavy atom. The van der Waals surface area contributed by atoms with Gasteiger partial charge in [-0.15, -0.1) is 0 Å².